The lowest BCUT2D eigenvalue weighted by Crippen LogP contribution is -2.30. The quantitative estimate of drug-likeness (QED) is 0.637. The summed E-state index contributed by atoms with van der Waals surface area (Å²) >= 11 is 0. The molecule has 0 amide bonds. The van der Waals surface area contributed by atoms with Crippen LogP contribution in [-0.2, 0) is 10.4 Å². The van der Waals surface area contributed by atoms with E-state index in [-0.39, 0.29) is 23.5 Å². The molecule has 1 aliphatic heterocycles. The number of aromatic hydroxyl groups is 1. The molecule has 150 valence electrons. The lowest BCUT2D eigenvalue weighted by molar-refractivity contribution is -0.166. The number of rotatable bonds is 5. The molecule has 29 heavy (non-hydrogen) atoms. The fourth-order valence-electron chi connectivity index (χ4n) is 2.90. The second-order valence-corrected chi connectivity index (χ2v) is 6.29. The van der Waals surface area contributed by atoms with Crippen LogP contribution in [0.5, 0.6) is 11.5 Å². The molecule has 0 aliphatic carbocycles. The van der Waals surface area contributed by atoms with E-state index in [1.807, 2.05) is 0 Å². The number of phenols is 1. The van der Waals surface area contributed by atoms with Gasteiger partial charge in [0.2, 0.25) is 0 Å². The van der Waals surface area contributed by atoms with Crippen molar-refractivity contribution in [3.63, 3.8) is 0 Å². The predicted octanol–water partition coefficient (Wildman–Crippen LogP) is 4.33. The first-order valence-corrected chi connectivity index (χ1v) is 8.29. The Hall–Kier alpha value is -3.40. The van der Waals surface area contributed by atoms with Gasteiger partial charge in [-0.25, -0.2) is 0 Å². The lowest BCUT2D eigenvalue weighted by Gasteiger charge is -2.15. The Morgan fingerprint density at radius 3 is 2.41 bits per heavy atom. The number of fused-ring (bicyclic) bond motifs is 1. The zero-order valence-electron chi connectivity index (χ0n) is 14.9. The highest BCUT2D eigenvalue weighted by molar-refractivity contribution is 5.85. The average molecular weight is 406 g/mol. The van der Waals surface area contributed by atoms with Gasteiger partial charge in [0, 0.05) is 24.3 Å². The summed E-state index contributed by atoms with van der Waals surface area (Å²) in [5, 5.41) is 16.1. The number of benzene rings is 2. The van der Waals surface area contributed by atoms with Crippen molar-refractivity contribution in [2.24, 2.45) is 10.2 Å². The molecule has 2 heterocycles. The SMILES string of the molecule is COCOc1ccc(-c2cc(=O)c3c(O)cc(C4(C(F)(F)F)N=N4)cc3o2)cc1. The van der Waals surface area contributed by atoms with Gasteiger partial charge in [-0.3, -0.25) is 4.79 Å². The Kier molecular flexibility index (Phi) is 4.30. The van der Waals surface area contributed by atoms with E-state index in [4.69, 9.17) is 13.9 Å². The van der Waals surface area contributed by atoms with Crippen LogP contribution in [-0.4, -0.2) is 25.2 Å². The van der Waals surface area contributed by atoms with Gasteiger partial charge in [-0.15, -0.1) is 10.2 Å². The second kappa shape index (κ2) is 6.59. The molecule has 0 radical (unpaired) electrons. The Balaban J connectivity index is 1.79. The van der Waals surface area contributed by atoms with E-state index < -0.39 is 28.6 Å². The second-order valence-electron chi connectivity index (χ2n) is 6.29. The van der Waals surface area contributed by atoms with E-state index in [0.29, 0.717) is 11.3 Å². The van der Waals surface area contributed by atoms with Crippen molar-refractivity contribution < 1.29 is 32.2 Å². The van der Waals surface area contributed by atoms with Crippen molar-refractivity contribution >= 4 is 11.0 Å². The Morgan fingerprint density at radius 1 is 1.14 bits per heavy atom. The van der Waals surface area contributed by atoms with Crippen LogP contribution in [0.25, 0.3) is 22.3 Å². The van der Waals surface area contributed by atoms with Gasteiger partial charge in [-0.1, -0.05) is 0 Å². The molecule has 4 rings (SSSR count). The van der Waals surface area contributed by atoms with E-state index in [0.717, 1.165) is 18.2 Å². The minimum absolute atomic E-state index is 0.0590. The lowest BCUT2D eigenvalue weighted by atomic mass is 10.00. The monoisotopic (exact) mass is 406 g/mol. The molecular formula is C19H13F3N2O5. The third-order valence-electron chi connectivity index (χ3n) is 4.39. The molecule has 0 saturated carbocycles. The molecule has 10 heteroatoms. The van der Waals surface area contributed by atoms with Gasteiger partial charge in [0.05, 0.1) is 0 Å². The number of hydrogen-bond donors (Lipinski definition) is 1. The molecule has 0 fully saturated rings. The van der Waals surface area contributed by atoms with Gasteiger partial charge in [0.25, 0.3) is 0 Å². The summed E-state index contributed by atoms with van der Waals surface area (Å²) in [6, 6.07) is 9.46. The summed E-state index contributed by atoms with van der Waals surface area (Å²) in [6.45, 7) is 0.0590. The first-order chi connectivity index (χ1) is 13.7. The molecule has 0 bridgehead atoms. The van der Waals surface area contributed by atoms with Crippen LogP contribution in [0, 0.1) is 0 Å². The number of methoxy groups -OCH3 is 1. The molecule has 7 nitrogen and oxygen atoms in total. The highest BCUT2D eigenvalue weighted by Crippen LogP contribution is 2.53. The third-order valence-corrected chi connectivity index (χ3v) is 4.39. The van der Waals surface area contributed by atoms with Crippen molar-refractivity contribution in [3.8, 4) is 22.8 Å². The Bertz CT molecular complexity index is 1160. The molecule has 0 spiro atoms. The van der Waals surface area contributed by atoms with Crippen LogP contribution in [0.3, 0.4) is 0 Å². The van der Waals surface area contributed by atoms with Crippen LogP contribution in [0.4, 0.5) is 13.2 Å². The molecule has 1 aliphatic rings. The zero-order chi connectivity index (χ0) is 20.8. The molecule has 0 atom stereocenters. The summed E-state index contributed by atoms with van der Waals surface area (Å²) in [6.07, 6.45) is -4.77. The van der Waals surface area contributed by atoms with Gasteiger partial charge in [0.1, 0.15) is 28.2 Å². The number of halogens is 3. The fourth-order valence-corrected chi connectivity index (χ4v) is 2.90. The van der Waals surface area contributed by atoms with E-state index in [2.05, 4.69) is 10.2 Å². The van der Waals surface area contributed by atoms with Gasteiger partial charge in [0.15, 0.2) is 12.2 Å². The number of alkyl halides is 3. The van der Waals surface area contributed by atoms with E-state index in [9.17, 15) is 23.1 Å². The Morgan fingerprint density at radius 2 is 1.83 bits per heavy atom. The maximum Gasteiger partial charge on any atom is 0.442 e. The van der Waals surface area contributed by atoms with Gasteiger partial charge in [-0.2, -0.15) is 13.2 Å². The summed E-state index contributed by atoms with van der Waals surface area (Å²) in [4.78, 5) is 12.4. The molecule has 0 saturated heterocycles. The fraction of sp³-hybridized carbons (Fsp3) is 0.211. The number of ether oxygens (including phenoxy) is 2. The van der Waals surface area contributed by atoms with Crippen LogP contribution in [0.15, 0.2) is 61.9 Å². The van der Waals surface area contributed by atoms with Crippen molar-refractivity contribution in [2.45, 2.75) is 11.8 Å². The summed E-state index contributed by atoms with van der Waals surface area (Å²) in [5.41, 5.74) is -3.49. The number of nitrogens with zero attached hydrogens (tertiary/aromatic N) is 2. The highest BCUT2D eigenvalue weighted by Gasteiger charge is 2.65. The van der Waals surface area contributed by atoms with Gasteiger partial charge < -0.3 is 19.0 Å². The Labute approximate surface area is 161 Å². The molecule has 1 N–H and O–H groups in total. The smallest absolute Gasteiger partial charge is 0.442 e. The summed E-state index contributed by atoms with van der Waals surface area (Å²) < 4.78 is 55.5. The van der Waals surface area contributed by atoms with Crippen LogP contribution in [0.1, 0.15) is 5.56 Å². The minimum Gasteiger partial charge on any atom is -0.507 e. The standard InChI is InChI=1S/C19H13F3N2O5/c1-27-9-28-12-4-2-10(3-5-12)15-8-14(26)17-13(25)6-11(7-16(17)29-15)18(23-24-18)19(20,21)22/h2-8,25H,9H2,1H3. The molecule has 1 aromatic heterocycles. The van der Waals surface area contributed by atoms with Crippen LogP contribution in [0.2, 0.25) is 0 Å². The van der Waals surface area contributed by atoms with Crippen molar-refractivity contribution in [2.75, 3.05) is 13.9 Å². The highest BCUT2D eigenvalue weighted by atomic mass is 19.4. The van der Waals surface area contributed by atoms with Crippen LogP contribution >= 0.6 is 0 Å². The van der Waals surface area contributed by atoms with Crippen LogP contribution < -0.4 is 10.2 Å². The van der Waals surface area contributed by atoms with Gasteiger partial charge in [-0.05, 0) is 36.4 Å². The van der Waals surface area contributed by atoms with Crippen molar-refractivity contribution in [1.29, 1.82) is 0 Å². The van der Waals surface area contributed by atoms with Gasteiger partial charge >= 0.3 is 11.8 Å². The normalized spacial score (nSPS) is 14.9. The molecule has 0 unspecified atom stereocenters. The predicted molar refractivity (Wildman–Crippen MR) is 94.7 cm³/mol. The van der Waals surface area contributed by atoms with E-state index >= 15 is 0 Å². The first-order valence-electron chi connectivity index (χ1n) is 8.29. The van der Waals surface area contributed by atoms with E-state index in [1.54, 1.807) is 24.3 Å². The topological polar surface area (TPSA) is 93.6 Å². The largest absolute Gasteiger partial charge is 0.507 e. The third kappa shape index (κ3) is 3.21. The zero-order valence-corrected chi connectivity index (χ0v) is 14.9. The summed E-state index contributed by atoms with van der Waals surface area (Å²) in [7, 11) is 1.48. The number of phenolic OH excluding ortho intramolecular Hbond substituents is 1. The molecule has 3 aromatic rings. The van der Waals surface area contributed by atoms with Crippen molar-refractivity contribution in [1.82, 2.24) is 0 Å². The van der Waals surface area contributed by atoms with E-state index in [1.165, 1.54) is 7.11 Å². The maximum absolute atomic E-state index is 13.3. The average Bonchev–Trinajstić information content (AvgIpc) is 3.48. The minimum atomic E-state index is -4.77. The molecular weight excluding hydrogens is 393 g/mol. The number of hydrogen-bond acceptors (Lipinski definition) is 7. The maximum atomic E-state index is 13.3. The van der Waals surface area contributed by atoms with Crippen molar-refractivity contribution in [3.05, 3.63) is 58.3 Å². The molecule has 2 aromatic carbocycles. The summed E-state index contributed by atoms with van der Waals surface area (Å²) in [5.74, 6) is -0.00662. The first kappa shape index (κ1) is 18.9.